The predicted octanol–water partition coefficient (Wildman–Crippen LogP) is 4.00. The number of benzene rings is 3. The van der Waals surface area contributed by atoms with Crippen molar-refractivity contribution in [3.63, 3.8) is 0 Å². The van der Waals surface area contributed by atoms with Crippen LogP contribution in [0.15, 0.2) is 54.6 Å². The number of aryl methyl sites for hydroxylation is 1. The van der Waals surface area contributed by atoms with E-state index in [9.17, 15) is 20.4 Å². The number of hydrogen-bond acceptors (Lipinski definition) is 4. The van der Waals surface area contributed by atoms with Crippen LogP contribution in [0.1, 0.15) is 27.8 Å². The summed E-state index contributed by atoms with van der Waals surface area (Å²) in [6, 6.07) is 15.3. The molecule has 4 nitrogen and oxygen atoms in total. The summed E-state index contributed by atoms with van der Waals surface area (Å²) in [7, 11) is 0. The van der Waals surface area contributed by atoms with Gasteiger partial charge in [-0.25, -0.2) is 0 Å². The molecule has 0 unspecified atom stereocenters. The van der Waals surface area contributed by atoms with Gasteiger partial charge in [-0.05, 0) is 41.3 Å². The Hall–Kier alpha value is -3.14. The molecule has 0 aliphatic carbocycles. The van der Waals surface area contributed by atoms with E-state index in [-0.39, 0.29) is 23.0 Å². The molecule has 0 aromatic heterocycles. The minimum Gasteiger partial charge on any atom is -0.508 e. The van der Waals surface area contributed by atoms with Crippen LogP contribution in [0.5, 0.6) is 23.0 Å². The molecule has 0 saturated heterocycles. The Morgan fingerprint density at radius 2 is 1.04 bits per heavy atom. The van der Waals surface area contributed by atoms with E-state index in [2.05, 4.69) is 0 Å². The Morgan fingerprint density at radius 3 is 1.44 bits per heavy atom. The summed E-state index contributed by atoms with van der Waals surface area (Å²) in [4.78, 5) is 0. The van der Waals surface area contributed by atoms with Crippen LogP contribution in [-0.4, -0.2) is 20.4 Å². The summed E-state index contributed by atoms with van der Waals surface area (Å²) >= 11 is 0. The first kappa shape index (κ1) is 16.7. The third-order valence-electron chi connectivity index (χ3n) is 4.12. The largest absolute Gasteiger partial charge is 0.508 e. The van der Waals surface area contributed by atoms with Gasteiger partial charge >= 0.3 is 0 Å². The van der Waals surface area contributed by atoms with E-state index in [0.717, 1.165) is 27.8 Å². The van der Waals surface area contributed by atoms with Crippen LogP contribution in [-0.2, 0) is 12.8 Å². The van der Waals surface area contributed by atoms with Crippen molar-refractivity contribution in [2.45, 2.75) is 19.8 Å². The molecule has 25 heavy (non-hydrogen) atoms. The lowest BCUT2D eigenvalue weighted by molar-refractivity contribution is 0.446. The van der Waals surface area contributed by atoms with Gasteiger partial charge in [-0.1, -0.05) is 35.9 Å². The van der Waals surface area contributed by atoms with Gasteiger partial charge in [0.1, 0.15) is 23.0 Å². The summed E-state index contributed by atoms with van der Waals surface area (Å²) in [6.45, 7) is 2.00. The van der Waals surface area contributed by atoms with Gasteiger partial charge in [-0.3, -0.25) is 0 Å². The quantitative estimate of drug-likeness (QED) is 0.580. The highest BCUT2D eigenvalue weighted by molar-refractivity contribution is 5.45. The molecule has 3 aromatic rings. The molecule has 0 amide bonds. The first-order chi connectivity index (χ1) is 11.9. The molecular formula is C21H20O4. The standard InChI is InChI=1S/C21H20O4/c1-13-6-14(9-16-2-4-18(22)11-20(16)24)8-15(7-13)10-17-3-5-19(23)12-21(17)25/h2-8,11-12,22-25H,9-10H2,1H3. The van der Waals surface area contributed by atoms with Crippen molar-refractivity contribution < 1.29 is 20.4 Å². The Morgan fingerprint density at radius 1 is 0.600 bits per heavy atom. The van der Waals surface area contributed by atoms with Gasteiger partial charge in [0.05, 0.1) is 0 Å². The maximum atomic E-state index is 9.97. The highest BCUT2D eigenvalue weighted by Gasteiger charge is 2.08. The lowest BCUT2D eigenvalue weighted by Gasteiger charge is -2.11. The Bertz CT molecular complexity index is 844. The zero-order valence-electron chi connectivity index (χ0n) is 13.9. The molecule has 0 aliphatic heterocycles. The smallest absolute Gasteiger partial charge is 0.122 e. The van der Waals surface area contributed by atoms with Crippen LogP contribution in [0.4, 0.5) is 0 Å². The number of rotatable bonds is 4. The van der Waals surface area contributed by atoms with Crippen molar-refractivity contribution in [2.75, 3.05) is 0 Å². The molecule has 0 aliphatic rings. The molecule has 3 rings (SSSR count). The highest BCUT2D eigenvalue weighted by Crippen LogP contribution is 2.28. The number of phenols is 4. The Balaban J connectivity index is 1.87. The Kier molecular flexibility index (Phi) is 4.52. The molecule has 0 saturated carbocycles. The second kappa shape index (κ2) is 6.77. The van der Waals surface area contributed by atoms with E-state index in [1.807, 2.05) is 25.1 Å². The summed E-state index contributed by atoms with van der Waals surface area (Å²) in [5.74, 6) is 0.210. The normalized spacial score (nSPS) is 10.8. The van der Waals surface area contributed by atoms with Crippen LogP contribution in [0.3, 0.4) is 0 Å². The van der Waals surface area contributed by atoms with E-state index in [4.69, 9.17) is 0 Å². The molecule has 0 fully saturated rings. The molecule has 0 spiro atoms. The summed E-state index contributed by atoms with van der Waals surface area (Å²) in [6.07, 6.45) is 1.09. The van der Waals surface area contributed by atoms with Gasteiger partial charge in [-0.2, -0.15) is 0 Å². The van der Waals surface area contributed by atoms with Crippen molar-refractivity contribution in [2.24, 2.45) is 0 Å². The van der Waals surface area contributed by atoms with E-state index in [1.165, 1.54) is 12.1 Å². The van der Waals surface area contributed by atoms with Crippen molar-refractivity contribution in [1.29, 1.82) is 0 Å². The maximum absolute atomic E-state index is 9.97. The van der Waals surface area contributed by atoms with Crippen LogP contribution >= 0.6 is 0 Å². The van der Waals surface area contributed by atoms with Crippen molar-refractivity contribution >= 4 is 0 Å². The van der Waals surface area contributed by atoms with Gasteiger partial charge < -0.3 is 20.4 Å². The average Bonchev–Trinajstić information content (AvgIpc) is 2.52. The van der Waals surface area contributed by atoms with Crippen LogP contribution in [0.2, 0.25) is 0 Å². The zero-order chi connectivity index (χ0) is 18.0. The molecule has 0 bridgehead atoms. The van der Waals surface area contributed by atoms with E-state index in [0.29, 0.717) is 12.8 Å². The van der Waals surface area contributed by atoms with Gasteiger partial charge in [-0.15, -0.1) is 0 Å². The molecule has 3 aromatic carbocycles. The predicted molar refractivity (Wildman–Crippen MR) is 96.3 cm³/mol. The third kappa shape index (κ3) is 4.04. The Labute approximate surface area is 146 Å². The summed E-state index contributed by atoms with van der Waals surface area (Å²) in [5.41, 5.74) is 4.64. The first-order valence-corrected chi connectivity index (χ1v) is 8.02. The molecular weight excluding hydrogens is 316 g/mol. The fraction of sp³-hybridized carbons (Fsp3) is 0.143. The molecule has 4 N–H and O–H groups in total. The number of phenolic OH excluding ortho intramolecular Hbond substituents is 4. The number of aromatic hydroxyl groups is 4. The SMILES string of the molecule is Cc1cc(Cc2ccc(O)cc2O)cc(Cc2ccc(O)cc2O)c1. The minimum atomic E-state index is 0.0361. The van der Waals surface area contributed by atoms with Crippen LogP contribution in [0.25, 0.3) is 0 Å². The average molecular weight is 336 g/mol. The van der Waals surface area contributed by atoms with E-state index < -0.39 is 0 Å². The monoisotopic (exact) mass is 336 g/mol. The van der Waals surface area contributed by atoms with Crippen molar-refractivity contribution in [1.82, 2.24) is 0 Å². The van der Waals surface area contributed by atoms with Crippen LogP contribution < -0.4 is 0 Å². The van der Waals surface area contributed by atoms with Crippen molar-refractivity contribution in [3.8, 4) is 23.0 Å². The van der Waals surface area contributed by atoms with Gasteiger partial charge in [0.2, 0.25) is 0 Å². The lowest BCUT2D eigenvalue weighted by atomic mass is 9.96. The van der Waals surface area contributed by atoms with Gasteiger partial charge in [0, 0.05) is 25.0 Å². The van der Waals surface area contributed by atoms with E-state index in [1.54, 1.807) is 24.3 Å². The maximum Gasteiger partial charge on any atom is 0.122 e. The fourth-order valence-corrected chi connectivity index (χ4v) is 3.00. The fourth-order valence-electron chi connectivity index (χ4n) is 3.00. The lowest BCUT2D eigenvalue weighted by Crippen LogP contribution is -1.95. The molecule has 0 heterocycles. The van der Waals surface area contributed by atoms with Crippen LogP contribution in [0, 0.1) is 6.92 Å². The molecule has 4 heteroatoms. The van der Waals surface area contributed by atoms with Crippen molar-refractivity contribution in [3.05, 3.63) is 82.4 Å². The third-order valence-corrected chi connectivity index (χ3v) is 4.12. The number of hydrogen-bond donors (Lipinski definition) is 4. The van der Waals surface area contributed by atoms with Gasteiger partial charge in [0.25, 0.3) is 0 Å². The topological polar surface area (TPSA) is 80.9 Å². The second-order valence-electron chi connectivity index (χ2n) is 6.31. The highest BCUT2D eigenvalue weighted by atomic mass is 16.3. The first-order valence-electron chi connectivity index (χ1n) is 8.02. The van der Waals surface area contributed by atoms with E-state index >= 15 is 0 Å². The second-order valence-corrected chi connectivity index (χ2v) is 6.31. The summed E-state index contributed by atoms with van der Waals surface area (Å²) in [5, 5.41) is 38.7. The molecule has 0 radical (unpaired) electrons. The minimum absolute atomic E-state index is 0.0361. The summed E-state index contributed by atoms with van der Waals surface area (Å²) < 4.78 is 0. The molecule has 0 atom stereocenters. The zero-order valence-corrected chi connectivity index (χ0v) is 13.9. The molecule has 128 valence electrons. The van der Waals surface area contributed by atoms with Gasteiger partial charge in [0.15, 0.2) is 0 Å².